The third-order valence-electron chi connectivity index (χ3n) is 2.77. The summed E-state index contributed by atoms with van der Waals surface area (Å²) in [5.74, 6) is 1.87. The minimum atomic E-state index is -0.0576. The number of rotatable bonds is 4. The topological polar surface area (TPSA) is 44.5 Å². The van der Waals surface area contributed by atoms with Gasteiger partial charge in [0.2, 0.25) is 0 Å². The van der Waals surface area contributed by atoms with E-state index in [1.165, 1.54) is 0 Å². The molecule has 0 saturated heterocycles. The van der Waals surface area contributed by atoms with Gasteiger partial charge in [-0.25, -0.2) is 0 Å². The molecule has 0 bridgehead atoms. The number of nitrogens with two attached hydrogens (primary N) is 1. The summed E-state index contributed by atoms with van der Waals surface area (Å²) in [7, 11) is 1.60. The van der Waals surface area contributed by atoms with Gasteiger partial charge in [-0.2, -0.15) is 0 Å². The van der Waals surface area contributed by atoms with Crippen LogP contribution in [0.3, 0.4) is 0 Å². The first-order valence-corrected chi connectivity index (χ1v) is 6.35. The summed E-state index contributed by atoms with van der Waals surface area (Å²) in [5.41, 5.74) is 6.78. The fourth-order valence-corrected chi connectivity index (χ4v) is 1.93. The Balaban J connectivity index is 2.28. The minimum absolute atomic E-state index is 0.0576. The molecule has 2 aromatic rings. The van der Waals surface area contributed by atoms with Gasteiger partial charge >= 0.3 is 0 Å². The summed E-state index contributed by atoms with van der Waals surface area (Å²) in [6.45, 7) is 1.91. The summed E-state index contributed by atoms with van der Waals surface area (Å²) >= 11 is 6.20. The number of ether oxygens (including phenoxy) is 2. The Kier molecular flexibility index (Phi) is 4.30. The van der Waals surface area contributed by atoms with Gasteiger partial charge in [0.25, 0.3) is 0 Å². The molecule has 2 aromatic carbocycles. The highest BCUT2D eigenvalue weighted by molar-refractivity contribution is 6.32. The van der Waals surface area contributed by atoms with Crippen molar-refractivity contribution in [3.8, 4) is 17.2 Å². The van der Waals surface area contributed by atoms with E-state index in [2.05, 4.69) is 0 Å². The number of halogens is 1. The zero-order valence-corrected chi connectivity index (χ0v) is 11.6. The molecule has 0 aliphatic carbocycles. The van der Waals surface area contributed by atoms with E-state index in [1.807, 2.05) is 49.4 Å². The second-order valence-corrected chi connectivity index (χ2v) is 4.64. The van der Waals surface area contributed by atoms with Crippen molar-refractivity contribution < 1.29 is 9.47 Å². The van der Waals surface area contributed by atoms with Gasteiger partial charge < -0.3 is 15.2 Å². The van der Waals surface area contributed by atoms with Crippen molar-refractivity contribution in [2.24, 2.45) is 5.73 Å². The summed E-state index contributed by atoms with van der Waals surface area (Å²) in [6, 6.07) is 12.9. The maximum absolute atomic E-state index is 6.20. The van der Waals surface area contributed by atoms with E-state index >= 15 is 0 Å². The van der Waals surface area contributed by atoms with Crippen LogP contribution in [0.1, 0.15) is 18.5 Å². The molecule has 0 saturated carbocycles. The summed E-state index contributed by atoms with van der Waals surface area (Å²) < 4.78 is 11.0. The maximum Gasteiger partial charge on any atom is 0.169 e. The number of para-hydroxylation sites is 2. The number of hydrogen-bond donors (Lipinski definition) is 1. The van der Waals surface area contributed by atoms with Gasteiger partial charge in [0.1, 0.15) is 5.75 Å². The average Bonchev–Trinajstić information content (AvgIpc) is 2.41. The van der Waals surface area contributed by atoms with Crippen LogP contribution in [0.2, 0.25) is 5.02 Å². The van der Waals surface area contributed by atoms with Gasteiger partial charge in [0.15, 0.2) is 11.5 Å². The molecule has 2 rings (SSSR count). The molecule has 0 unspecified atom stereocenters. The molecule has 2 N–H and O–H groups in total. The van der Waals surface area contributed by atoms with Crippen molar-refractivity contribution in [1.82, 2.24) is 0 Å². The maximum atomic E-state index is 6.20. The van der Waals surface area contributed by atoms with Crippen LogP contribution in [0, 0.1) is 0 Å². The first kappa shape index (κ1) is 13.7. The molecule has 1 atom stereocenters. The number of benzene rings is 2. The molecule has 100 valence electrons. The Morgan fingerprint density at radius 1 is 1.05 bits per heavy atom. The largest absolute Gasteiger partial charge is 0.493 e. The smallest absolute Gasteiger partial charge is 0.169 e. The monoisotopic (exact) mass is 277 g/mol. The molecule has 4 heteroatoms. The van der Waals surface area contributed by atoms with E-state index in [1.54, 1.807) is 7.11 Å². The summed E-state index contributed by atoms with van der Waals surface area (Å²) in [5, 5.41) is 0.528. The van der Waals surface area contributed by atoms with E-state index in [0.29, 0.717) is 22.3 Å². The number of hydrogen-bond acceptors (Lipinski definition) is 3. The molecule has 0 radical (unpaired) electrons. The van der Waals surface area contributed by atoms with E-state index in [-0.39, 0.29) is 6.04 Å². The molecular weight excluding hydrogens is 262 g/mol. The first-order chi connectivity index (χ1) is 9.11. The highest BCUT2D eigenvalue weighted by Crippen LogP contribution is 2.35. The Morgan fingerprint density at radius 2 is 1.74 bits per heavy atom. The van der Waals surface area contributed by atoms with Crippen molar-refractivity contribution in [1.29, 1.82) is 0 Å². The lowest BCUT2D eigenvalue weighted by atomic mass is 10.1. The molecule has 0 heterocycles. The second kappa shape index (κ2) is 5.95. The molecular formula is C15H16ClNO2. The molecule has 19 heavy (non-hydrogen) atoms. The van der Waals surface area contributed by atoms with E-state index in [9.17, 15) is 0 Å². The zero-order chi connectivity index (χ0) is 13.8. The van der Waals surface area contributed by atoms with Gasteiger partial charge in [-0.05, 0) is 36.8 Å². The first-order valence-electron chi connectivity index (χ1n) is 5.97. The summed E-state index contributed by atoms with van der Waals surface area (Å²) in [4.78, 5) is 0. The Hall–Kier alpha value is -1.71. The van der Waals surface area contributed by atoms with Gasteiger partial charge in [0, 0.05) is 6.04 Å². The lowest BCUT2D eigenvalue weighted by Crippen LogP contribution is -2.04. The average molecular weight is 278 g/mol. The van der Waals surface area contributed by atoms with E-state index < -0.39 is 0 Å². The van der Waals surface area contributed by atoms with Crippen LogP contribution < -0.4 is 15.2 Å². The van der Waals surface area contributed by atoms with Crippen LogP contribution in [0.5, 0.6) is 17.2 Å². The van der Waals surface area contributed by atoms with Crippen molar-refractivity contribution in [2.45, 2.75) is 13.0 Å². The number of methoxy groups -OCH3 is 1. The quantitative estimate of drug-likeness (QED) is 0.912. The molecule has 0 aromatic heterocycles. The Labute approximate surface area is 117 Å². The second-order valence-electron chi connectivity index (χ2n) is 4.23. The molecule has 3 nitrogen and oxygen atoms in total. The minimum Gasteiger partial charge on any atom is -0.493 e. The van der Waals surface area contributed by atoms with Crippen molar-refractivity contribution in [3.63, 3.8) is 0 Å². The van der Waals surface area contributed by atoms with Crippen LogP contribution in [0.4, 0.5) is 0 Å². The highest BCUT2D eigenvalue weighted by atomic mass is 35.5. The molecule has 0 spiro atoms. The fraction of sp³-hybridized carbons (Fsp3) is 0.200. The van der Waals surface area contributed by atoms with Gasteiger partial charge in [0.05, 0.1) is 12.1 Å². The lowest BCUT2D eigenvalue weighted by Gasteiger charge is -2.13. The van der Waals surface area contributed by atoms with Crippen molar-refractivity contribution >= 4 is 11.6 Å². The predicted molar refractivity (Wildman–Crippen MR) is 77.1 cm³/mol. The van der Waals surface area contributed by atoms with Gasteiger partial charge in [-0.1, -0.05) is 29.8 Å². The van der Waals surface area contributed by atoms with Gasteiger partial charge in [-0.3, -0.25) is 0 Å². The van der Waals surface area contributed by atoms with E-state index in [0.717, 1.165) is 5.56 Å². The fourth-order valence-electron chi connectivity index (χ4n) is 1.70. The van der Waals surface area contributed by atoms with Crippen LogP contribution in [-0.2, 0) is 0 Å². The molecule has 0 aliphatic heterocycles. The van der Waals surface area contributed by atoms with E-state index in [4.69, 9.17) is 26.8 Å². The zero-order valence-electron chi connectivity index (χ0n) is 10.9. The predicted octanol–water partition coefficient (Wildman–Crippen LogP) is 4.16. The molecule has 0 aliphatic rings. The van der Waals surface area contributed by atoms with Gasteiger partial charge in [-0.15, -0.1) is 0 Å². The van der Waals surface area contributed by atoms with Crippen molar-refractivity contribution in [2.75, 3.05) is 7.11 Å². The third-order valence-corrected chi connectivity index (χ3v) is 3.07. The van der Waals surface area contributed by atoms with Crippen molar-refractivity contribution in [3.05, 3.63) is 53.1 Å². The summed E-state index contributed by atoms with van der Waals surface area (Å²) in [6.07, 6.45) is 0. The standard InChI is InChI=1S/C15H16ClNO2/c1-10(17)11-7-8-13(12(16)9-11)19-15-6-4-3-5-14(15)18-2/h3-10H,17H2,1-2H3/t10-/m0/s1. The van der Waals surface area contributed by atoms with Crippen LogP contribution in [-0.4, -0.2) is 7.11 Å². The van der Waals surface area contributed by atoms with Crippen LogP contribution >= 0.6 is 11.6 Å². The molecule has 0 amide bonds. The highest BCUT2D eigenvalue weighted by Gasteiger charge is 2.09. The SMILES string of the molecule is COc1ccccc1Oc1ccc([C@H](C)N)cc1Cl. The Bertz CT molecular complexity index is 570. The normalized spacial score (nSPS) is 12.0. The Morgan fingerprint density at radius 3 is 2.32 bits per heavy atom. The van der Waals surface area contributed by atoms with Crippen LogP contribution in [0.25, 0.3) is 0 Å². The van der Waals surface area contributed by atoms with Crippen LogP contribution in [0.15, 0.2) is 42.5 Å². The third kappa shape index (κ3) is 3.19. The molecule has 0 fully saturated rings. The lowest BCUT2D eigenvalue weighted by molar-refractivity contribution is 0.379.